The lowest BCUT2D eigenvalue weighted by molar-refractivity contribution is 0.102. The monoisotopic (exact) mass is 377 g/mol. The maximum atomic E-state index is 12.7. The van der Waals surface area contributed by atoms with E-state index < -0.39 is 0 Å². The number of amides is 1. The summed E-state index contributed by atoms with van der Waals surface area (Å²) in [5, 5.41) is 12.7. The molecule has 0 aliphatic carbocycles. The third-order valence-electron chi connectivity index (χ3n) is 4.46. The number of carbonyl (C=O) groups excluding carboxylic acids is 1. The summed E-state index contributed by atoms with van der Waals surface area (Å²) in [6.45, 7) is 8.75. The summed E-state index contributed by atoms with van der Waals surface area (Å²) in [6.07, 6.45) is 1.99. The van der Waals surface area contributed by atoms with Crippen LogP contribution in [-0.4, -0.2) is 30.3 Å². The smallest absolute Gasteiger partial charge is 0.265 e. The number of hydrogen-bond acceptors (Lipinski definition) is 6. The lowest BCUT2D eigenvalue weighted by atomic mass is 9.80. The van der Waals surface area contributed by atoms with Crippen LogP contribution in [0.4, 0.5) is 5.13 Å². The van der Waals surface area contributed by atoms with Crippen molar-refractivity contribution in [2.24, 2.45) is 5.92 Å². The second kappa shape index (κ2) is 8.49. The molecule has 1 N–H and O–H groups in total. The average molecular weight is 378 g/mol. The first kappa shape index (κ1) is 20.2. The van der Waals surface area contributed by atoms with Crippen molar-refractivity contribution in [1.82, 2.24) is 10.2 Å². The highest BCUT2D eigenvalue weighted by atomic mass is 32.1. The number of aromatic nitrogens is 2. The summed E-state index contributed by atoms with van der Waals surface area (Å²) >= 11 is 1.42. The van der Waals surface area contributed by atoms with Gasteiger partial charge >= 0.3 is 0 Å². The Balaban J connectivity index is 2.26. The molecule has 142 valence electrons. The van der Waals surface area contributed by atoms with Crippen LogP contribution in [0.1, 0.15) is 55.9 Å². The maximum Gasteiger partial charge on any atom is 0.265 e. The normalized spacial score (nSPS) is 13.3. The number of hydrogen-bond donors (Lipinski definition) is 1. The highest BCUT2D eigenvalue weighted by Crippen LogP contribution is 2.37. The third kappa shape index (κ3) is 4.33. The van der Waals surface area contributed by atoms with Crippen LogP contribution in [0.2, 0.25) is 0 Å². The molecule has 7 heteroatoms. The average Bonchev–Trinajstić information content (AvgIpc) is 3.09. The van der Waals surface area contributed by atoms with E-state index in [2.05, 4.69) is 43.2 Å². The molecule has 1 atom stereocenters. The molecular formula is C19H27N3O3S. The highest BCUT2D eigenvalue weighted by Gasteiger charge is 2.30. The van der Waals surface area contributed by atoms with Gasteiger partial charge in [0.1, 0.15) is 22.1 Å². The summed E-state index contributed by atoms with van der Waals surface area (Å²) in [5.41, 5.74) is 0.298. The molecule has 0 spiro atoms. The first-order valence-corrected chi connectivity index (χ1v) is 9.52. The van der Waals surface area contributed by atoms with Gasteiger partial charge in [-0.25, -0.2) is 0 Å². The number of benzene rings is 1. The molecule has 0 aliphatic rings. The SMILES string of the molecule is CCC(C)(CC(C)C)c1nnc(NC(=O)c2c(OC)cccc2OC)s1. The molecule has 0 saturated carbocycles. The van der Waals surface area contributed by atoms with Gasteiger partial charge in [0, 0.05) is 5.41 Å². The molecular weight excluding hydrogens is 350 g/mol. The second-order valence-corrected chi connectivity index (χ2v) is 7.89. The molecule has 1 aromatic carbocycles. The van der Waals surface area contributed by atoms with Crippen LogP contribution < -0.4 is 14.8 Å². The molecule has 2 rings (SSSR count). The van der Waals surface area contributed by atoms with E-state index in [-0.39, 0.29) is 11.3 Å². The summed E-state index contributed by atoms with van der Waals surface area (Å²) in [7, 11) is 3.04. The number of rotatable bonds is 8. The van der Waals surface area contributed by atoms with Crippen molar-refractivity contribution < 1.29 is 14.3 Å². The fourth-order valence-electron chi connectivity index (χ4n) is 3.04. The number of carbonyl (C=O) groups is 1. The van der Waals surface area contributed by atoms with E-state index in [4.69, 9.17) is 9.47 Å². The van der Waals surface area contributed by atoms with Gasteiger partial charge in [-0.05, 0) is 30.9 Å². The van der Waals surface area contributed by atoms with Crippen LogP contribution in [0.5, 0.6) is 11.5 Å². The lowest BCUT2D eigenvalue weighted by Gasteiger charge is -2.27. The molecule has 0 bridgehead atoms. The summed E-state index contributed by atoms with van der Waals surface area (Å²) in [6, 6.07) is 5.22. The van der Waals surface area contributed by atoms with Gasteiger partial charge in [-0.3, -0.25) is 10.1 Å². The van der Waals surface area contributed by atoms with Crippen molar-refractivity contribution in [2.45, 2.75) is 46.0 Å². The molecule has 0 fully saturated rings. The van der Waals surface area contributed by atoms with Crippen molar-refractivity contribution in [1.29, 1.82) is 0 Å². The molecule has 2 aromatic rings. The highest BCUT2D eigenvalue weighted by molar-refractivity contribution is 7.15. The molecule has 0 radical (unpaired) electrons. The van der Waals surface area contributed by atoms with Crippen molar-refractivity contribution in [3.8, 4) is 11.5 Å². The quantitative estimate of drug-likeness (QED) is 0.732. The van der Waals surface area contributed by atoms with E-state index in [0.717, 1.165) is 17.8 Å². The number of ether oxygens (including phenoxy) is 2. The van der Waals surface area contributed by atoms with Crippen molar-refractivity contribution in [3.05, 3.63) is 28.8 Å². The van der Waals surface area contributed by atoms with Crippen LogP contribution in [0, 0.1) is 5.92 Å². The van der Waals surface area contributed by atoms with Crippen molar-refractivity contribution >= 4 is 22.4 Å². The van der Waals surface area contributed by atoms with Gasteiger partial charge < -0.3 is 9.47 Å². The molecule has 0 aliphatic heterocycles. The molecule has 0 saturated heterocycles. The van der Waals surface area contributed by atoms with Gasteiger partial charge in [-0.2, -0.15) is 0 Å². The van der Waals surface area contributed by atoms with Gasteiger partial charge in [0.05, 0.1) is 14.2 Å². The van der Waals surface area contributed by atoms with E-state index in [1.807, 2.05) is 0 Å². The number of nitrogens with zero attached hydrogens (tertiary/aromatic N) is 2. The van der Waals surface area contributed by atoms with Gasteiger partial charge in [0.25, 0.3) is 5.91 Å². The molecule has 1 aromatic heterocycles. The van der Waals surface area contributed by atoms with Gasteiger partial charge in [0.15, 0.2) is 0 Å². The van der Waals surface area contributed by atoms with Crippen LogP contribution in [0.3, 0.4) is 0 Å². The lowest BCUT2D eigenvalue weighted by Crippen LogP contribution is -2.23. The standard InChI is InChI=1S/C19H27N3O3S/c1-7-19(4,11-12(2)3)17-21-22-18(26-17)20-16(23)15-13(24-5)9-8-10-14(15)25-6/h8-10,12H,7,11H2,1-6H3,(H,20,22,23). The Hall–Kier alpha value is -2.15. The summed E-state index contributed by atoms with van der Waals surface area (Å²) in [5.74, 6) is 1.12. The summed E-state index contributed by atoms with van der Waals surface area (Å²) < 4.78 is 10.6. The van der Waals surface area contributed by atoms with Gasteiger partial charge in [-0.15, -0.1) is 10.2 Å². The minimum atomic E-state index is -0.330. The van der Waals surface area contributed by atoms with Crippen LogP contribution in [0.25, 0.3) is 0 Å². The topological polar surface area (TPSA) is 73.3 Å². The van der Waals surface area contributed by atoms with E-state index >= 15 is 0 Å². The second-order valence-electron chi connectivity index (χ2n) is 6.92. The van der Waals surface area contributed by atoms with Crippen LogP contribution in [0.15, 0.2) is 18.2 Å². The van der Waals surface area contributed by atoms with E-state index in [1.165, 1.54) is 25.6 Å². The Morgan fingerprint density at radius 3 is 2.35 bits per heavy atom. The minimum Gasteiger partial charge on any atom is -0.496 e. The van der Waals surface area contributed by atoms with Gasteiger partial charge in [0.2, 0.25) is 5.13 Å². The first-order chi connectivity index (χ1) is 12.3. The fraction of sp³-hybridized carbons (Fsp3) is 0.526. The number of methoxy groups -OCH3 is 2. The zero-order valence-electron chi connectivity index (χ0n) is 16.3. The zero-order chi connectivity index (χ0) is 19.3. The predicted molar refractivity (Wildman–Crippen MR) is 105 cm³/mol. The molecule has 1 amide bonds. The van der Waals surface area contributed by atoms with Crippen molar-refractivity contribution in [2.75, 3.05) is 19.5 Å². The Bertz CT molecular complexity index is 738. The molecule has 26 heavy (non-hydrogen) atoms. The van der Waals surface area contributed by atoms with Crippen LogP contribution >= 0.6 is 11.3 Å². The fourth-order valence-corrected chi connectivity index (χ4v) is 4.00. The predicted octanol–water partition coefficient (Wildman–Crippen LogP) is 4.52. The van der Waals surface area contributed by atoms with Crippen molar-refractivity contribution in [3.63, 3.8) is 0 Å². The zero-order valence-corrected chi connectivity index (χ0v) is 17.1. The summed E-state index contributed by atoms with van der Waals surface area (Å²) in [4.78, 5) is 12.7. The minimum absolute atomic E-state index is 0.0447. The third-order valence-corrected chi connectivity index (χ3v) is 5.60. The Labute approximate surface area is 158 Å². The van der Waals surface area contributed by atoms with E-state index in [9.17, 15) is 4.79 Å². The Morgan fingerprint density at radius 2 is 1.85 bits per heavy atom. The Morgan fingerprint density at radius 1 is 1.23 bits per heavy atom. The largest absolute Gasteiger partial charge is 0.496 e. The van der Waals surface area contributed by atoms with E-state index in [1.54, 1.807) is 18.2 Å². The Kier molecular flexibility index (Phi) is 6.58. The number of nitrogens with one attached hydrogen (secondary N) is 1. The first-order valence-electron chi connectivity index (χ1n) is 8.71. The molecule has 6 nitrogen and oxygen atoms in total. The van der Waals surface area contributed by atoms with Gasteiger partial charge in [-0.1, -0.05) is 45.1 Å². The maximum absolute atomic E-state index is 12.7. The van der Waals surface area contributed by atoms with Crippen LogP contribution in [-0.2, 0) is 5.41 Å². The molecule has 1 unspecified atom stereocenters. The molecule has 1 heterocycles. The number of anilines is 1. The van der Waals surface area contributed by atoms with E-state index in [0.29, 0.717) is 28.1 Å².